The summed E-state index contributed by atoms with van der Waals surface area (Å²) in [4.78, 5) is 10.8. The highest BCUT2D eigenvalue weighted by atomic mass is 16.5. The predicted molar refractivity (Wildman–Crippen MR) is 64.1 cm³/mol. The molecule has 0 radical (unpaired) electrons. The van der Waals surface area contributed by atoms with Crippen LogP contribution in [-0.2, 0) is 14.3 Å². The lowest BCUT2D eigenvalue weighted by molar-refractivity contribution is -0.121. The van der Waals surface area contributed by atoms with Crippen LogP contribution in [0.3, 0.4) is 0 Å². The van der Waals surface area contributed by atoms with E-state index >= 15 is 0 Å². The minimum atomic E-state index is -0.287. The molecule has 0 aromatic rings. The number of carbonyl (C=O) groups is 1. The Morgan fingerprint density at radius 1 is 1.06 bits per heavy atom. The quantitative estimate of drug-likeness (QED) is 0.690. The second-order valence-electron chi connectivity index (χ2n) is 5.90. The number of primary amides is 1. The average molecular weight is 231 g/mol. The van der Waals surface area contributed by atoms with Gasteiger partial charge >= 0.3 is 0 Å². The van der Waals surface area contributed by atoms with Crippen LogP contribution in [-0.4, -0.2) is 32.8 Å². The molecular weight excluding hydrogens is 206 g/mol. The smallest absolute Gasteiger partial charge is 0.218 e. The third-order valence-corrected chi connectivity index (χ3v) is 2.17. The molecule has 0 aliphatic carbocycles. The molecule has 0 rings (SSSR count). The Kier molecular flexibility index (Phi) is 5.97. The molecule has 0 unspecified atom stereocenters. The summed E-state index contributed by atoms with van der Waals surface area (Å²) < 4.78 is 10.7. The molecule has 0 saturated carbocycles. The van der Waals surface area contributed by atoms with Crippen molar-refractivity contribution in [3.63, 3.8) is 0 Å². The molecule has 0 bridgehead atoms. The van der Waals surface area contributed by atoms with Gasteiger partial charge in [-0.3, -0.25) is 4.79 Å². The van der Waals surface area contributed by atoms with Crippen LogP contribution in [0.2, 0.25) is 0 Å². The first-order chi connectivity index (χ1) is 7.18. The highest BCUT2D eigenvalue weighted by Gasteiger charge is 2.23. The van der Waals surface area contributed by atoms with Gasteiger partial charge in [-0.1, -0.05) is 27.7 Å². The molecule has 0 atom stereocenters. The summed E-state index contributed by atoms with van der Waals surface area (Å²) in [5, 5.41) is 0. The van der Waals surface area contributed by atoms with Crippen molar-refractivity contribution < 1.29 is 14.3 Å². The topological polar surface area (TPSA) is 61.6 Å². The third-order valence-electron chi connectivity index (χ3n) is 2.17. The zero-order valence-corrected chi connectivity index (χ0v) is 11.1. The number of amides is 1. The van der Waals surface area contributed by atoms with Gasteiger partial charge in [-0.25, -0.2) is 0 Å². The molecule has 2 N–H and O–H groups in total. The van der Waals surface area contributed by atoms with E-state index in [-0.39, 0.29) is 16.7 Å². The molecule has 0 heterocycles. The van der Waals surface area contributed by atoms with Crippen LogP contribution in [0.25, 0.3) is 0 Å². The Labute approximate surface area is 98.5 Å². The molecule has 0 aliphatic heterocycles. The van der Waals surface area contributed by atoms with Crippen LogP contribution in [0.4, 0.5) is 0 Å². The summed E-state index contributed by atoms with van der Waals surface area (Å²) in [5.74, 6) is -0.287. The zero-order chi connectivity index (χ0) is 12.8. The van der Waals surface area contributed by atoms with Crippen molar-refractivity contribution in [3.8, 4) is 0 Å². The van der Waals surface area contributed by atoms with E-state index in [1.54, 1.807) is 7.11 Å². The number of ether oxygens (including phenoxy) is 2. The Hall–Kier alpha value is -0.610. The number of carbonyl (C=O) groups excluding carboxylic acids is 1. The highest BCUT2D eigenvalue weighted by Crippen LogP contribution is 2.22. The largest absolute Gasteiger partial charge is 0.384 e. The molecule has 96 valence electrons. The molecule has 0 saturated heterocycles. The van der Waals surface area contributed by atoms with Gasteiger partial charge in [0.25, 0.3) is 0 Å². The average Bonchev–Trinajstić information content (AvgIpc) is 1.99. The standard InChI is InChI=1S/C12H25NO3/c1-11(2,6-10(13)14)8-16-9-12(3,4)7-15-5/h6-9H2,1-5H3,(H2,13,14). The summed E-state index contributed by atoms with van der Waals surface area (Å²) in [6.45, 7) is 9.91. The number of hydrogen-bond donors (Lipinski definition) is 1. The first-order valence-corrected chi connectivity index (χ1v) is 5.53. The summed E-state index contributed by atoms with van der Waals surface area (Å²) in [6, 6.07) is 0. The van der Waals surface area contributed by atoms with Crippen LogP contribution in [0.1, 0.15) is 34.1 Å². The van der Waals surface area contributed by atoms with Gasteiger partial charge in [0.15, 0.2) is 0 Å². The molecular formula is C12H25NO3. The van der Waals surface area contributed by atoms with Crippen molar-refractivity contribution in [2.45, 2.75) is 34.1 Å². The van der Waals surface area contributed by atoms with Crippen LogP contribution in [0.15, 0.2) is 0 Å². The molecule has 0 aromatic carbocycles. The van der Waals surface area contributed by atoms with Crippen molar-refractivity contribution in [2.24, 2.45) is 16.6 Å². The van der Waals surface area contributed by atoms with Gasteiger partial charge in [-0.15, -0.1) is 0 Å². The van der Waals surface area contributed by atoms with Crippen molar-refractivity contribution in [1.82, 2.24) is 0 Å². The highest BCUT2D eigenvalue weighted by molar-refractivity contribution is 5.74. The van der Waals surface area contributed by atoms with Gasteiger partial charge in [0.1, 0.15) is 0 Å². The predicted octanol–water partition coefficient (Wildman–Crippen LogP) is 1.58. The maximum absolute atomic E-state index is 10.8. The Morgan fingerprint density at radius 3 is 2.00 bits per heavy atom. The van der Waals surface area contributed by atoms with Crippen molar-refractivity contribution in [1.29, 1.82) is 0 Å². The Morgan fingerprint density at radius 2 is 1.56 bits per heavy atom. The van der Waals surface area contributed by atoms with Gasteiger partial charge < -0.3 is 15.2 Å². The van der Waals surface area contributed by atoms with E-state index in [1.165, 1.54) is 0 Å². The maximum atomic E-state index is 10.8. The van der Waals surface area contributed by atoms with Crippen LogP contribution >= 0.6 is 0 Å². The fourth-order valence-electron chi connectivity index (χ4n) is 1.56. The SMILES string of the molecule is COCC(C)(C)COCC(C)(C)CC(N)=O. The summed E-state index contributed by atoms with van der Waals surface area (Å²) >= 11 is 0. The van der Waals surface area contributed by atoms with Crippen molar-refractivity contribution >= 4 is 5.91 Å². The van der Waals surface area contributed by atoms with E-state index in [9.17, 15) is 4.79 Å². The normalized spacial score (nSPS) is 12.8. The van der Waals surface area contributed by atoms with Gasteiger partial charge in [-0.05, 0) is 5.41 Å². The minimum absolute atomic E-state index is 0.00243. The van der Waals surface area contributed by atoms with Crippen LogP contribution in [0.5, 0.6) is 0 Å². The van der Waals surface area contributed by atoms with E-state index in [1.807, 2.05) is 13.8 Å². The van der Waals surface area contributed by atoms with E-state index in [0.29, 0.717) is 26.2 Å². The molecule has 0 aromatic heterocycles. The number of rotatable bonds is 8. The minimum Gasteiger partial charge on any atom is -0.384 e. The van der Waals surface area contributed by atoms with Crippen LogP contribution in [0, 0.1) is 10.8 Å². The molecule has 0 spiro atoms. The molecule has 1 amide bonds. The number of methoxy groups -OCH3 is 1. The first-order valence-electron chi connectivity index (χ1n) is 5.53. The second kappa shape index (κ2) is 6.21. The second-order valence-corrected chi connectivity index (χ2v) is 5.90. The molecule has 4 heteroatoms. The Bertz CT molecular complexity index is 224. The zero-order valence-electron chi connectivity index (χ0n) is 11.1. The fraction of sp³-hybridized carbons (Fsp3) is 0.917. The first kappa shape index (κ1) is 15.4. The van der Waals surface area contributed by atoms with E-state index in [0.717, 1.165) is 0 Å². The number of nitrogens with two attached hydrogens (primary N) is 1. The summed E-state index contributed by atoms with van der Waals surface area (Å²) in [5.41, 5.74) is 4.97. The van der Waals surface area contributed by atoms with E-state index < -0.39 is 0 Å². The van der Waals surface area contributed by atoms with Gasteiger partial charge in [0.05, 0.1) is 19.8 Å². The lowest BCUT2D eigenvalue weighted by atomic mass is 9.90. The molecule has 16 heavy (non-hydrogen) atoms. The van der Waals surface area contributed by atoms with Crippen molar-refractivity contribution in [2.75, 3.05) is 26.9 Å². The summed E-state index contributed by atoms with van der Waals surface area (Å²) in [7, 11) is 1.68. The lowest BCUT2D eigenvalue weighted by Gasteiger charge is -2.27. The monoisotopic (exact) mass is 231 g/mol. The molecule has 4 nitrogen and oxygen atoms in total. The van der Waals surface area contributed by atoms with Crippen LogP contribution < -0.4 is 5.73 Å². The van der Waals surface area contributed by atoms with Gasteiger partial charge in [0.2, 0.25) is 5.91 Å². The third kappa shape index (κ3) is 7.65. The molecule has 0 aliphatic rings. The number of hydrogen-bond acceptors (Lipinski definition) is 3. The van der Waals surface area contributed by atoms with Gasteiger partial charge in [0, 0.05) is 18.9 Å². The van der Waals surface area contributed by atoms with E-state index in [4.69, 9.17) is 15.2 Å². The lowest BCUT2D eigenvalue weighted by Crippen LogP contribution is -2.31. The summed E-state index contributed by atoms with van der Waals surface area (Å²) in [6.07, 6.45) is 0.345. The van der Waals surface area contributed by atoms with Crippen molar-refractivity contribution in [3.05, 3.63) is 0 Å². The maximum Gasteiger partial charge on any atom is 0.218 e. The molecule has 0 fully saturated rings. The Balaban J connectivity index is 3.92. The fourth-order valence-corrected chi connectivity index (χ4v) is 1.56. The van der Waals surface area contributed by atoms with Gasteiger partial charge in [-0.2, -0.15) is 0 Å². The van der Waals surface area contributed by atoms with E-state index in [2.05, 4.69) is 13.8 Å².